The van der Waals surface area contributed by atoms with Gasteiger partial charge in [-0.3, -0.25) is 14.3 Å². The van der Waals surface area contributed by atoms with Crippen LogP contribution in [0.3, 0.4) is 0 Å². The number of anilines is 2. The molecule has 12 nitrogen and oxygen atoms in total. The third-order valence-corrected chi connectivity index (χ3v) is 9.64. The second kappa shape index (κ2) is 12.9. The van der Waals surface area contributed by atoms with Gasteiger partial charge < -0.3 is 34.9 Å². The van der Waals surface area contributed by atoms with Crippen LogP contribution < -0.4 is 20.1 Å². The standard InChI is InChI=1S/C38H39N7O5/c1-21-20-45(16-15-43(21)4)37(47)24-7-9-25(10-8-24)39-38(48)40-26-11-14-32-30(17-26)36(46)33(50-32)19-29-28-18-27(49-6)12-13-31(28)41-35(29)34-22(2)42-44(5)23(34)3/h7-14,17-19,21,41H,15-16,20H2,1-6H3,(H2,39,40,48)/b33-19-. The molecule has 1 saturated heterocycles. The Balaban J connectivity index is 1.08. The summed E-state index contributed by atoms with van der Waals surface area (Å²) in [5.41, 5.74) is 7.10. The summed E-state index contributed by atoms with van der Waals surface area (Å²) in [5.74, 6) is 0.911. The Morgan fingerprint density at radius 1 is 1.00 bits per heavy atom. The van der Waals surface area contributed by atoms with Gasteiger partial charge in [-0.05, 0) is 94.6 Å². The van der Waals surface area contributed by atoms with Crippen molar-refractivity contribution in [3.8, 4) is 22.8 Å². The summed E-state index contributed by atoms with van der Waals surface area (Å²) in [6, 6.07) is 17.3. The fraction of sp³-hybridized carbons (Fsp3) is 0.263. The Morgan fingerprint density at radius 3 is 2.44 bits per heavy atom. The largest absolute Gasteiger partial charge is 0.497 e. The van der Waals surface area contributed by atoms with E-state index < -0.39 is 6.03 Å². The van der Waals surface area contributed by atoms with Crippen LogP contribution in [-0.4, -0.2) is 82.1 Å². The van der Waals surface area contributed by atoms with Crippen molar-refractivity contribution in [3.63, 3.8) is 0 Å². The molecule has 3 amide bonds. The first-order valence-electron chi connectivity index (χ1n) is 16.5. The van der Waals surface area contributed by atoms with Crippen LogP contribution in [-0.2, 0) is 7.05 Å². The molecule has 12 heteroatoms. The van der Waals surface area contributed by atoms with Gasteiger partial charge in [0.1, 0.15) is 11.5 Å². The molecule has 0 bridgehead atoms. The first-order valence-corrected chi connectivity index (χ1v) is 16.5. The number of carbonyl (C=O) groups excluding carboxylic acids is 3. The predicted octanol–water partition coefficient (Wildman–Crippen LogP) is 6.23. The van der Waals surface area contributed by atoms with Crippen LogP contribution in [0.1, 0.15) is 44.6 Å². The number of carbonyl (C=O) groups is 3. The highest BCUT2D eigenvalue weighted by molar-refractivity contribution is 6.16. The molecule has 3 aromatic carbocycles. The van der Waals surface area contributed by atoms with Gasteiger partial charge in [0.05, 0.1) is 24.1 Å². The minimum absolute atomic E-state index is 0.0256. The quantitative estimate of drug-likeness (QED) is 0.182. The van der Waals surface area contributed by atoms with Gasteiger partial charge in [-0.15, -0.1) is 0 Å². The van der Waals surface area contributed by atoms with Crippen LogP contribution >= 0.6 is 0 Å². The van der Waals surface area contributed by atoms with E-state index in [2.05, 4.69) is 39.6 Å². The second-order valence-electron chi connectivity index (χ2n) is 12.9. The molecule has 0 aliphatic carbocycles. The van der Waals surface area contributed by atoms with Gasteiger partial charge in [-0.25, -0.2) is 4.79 Å². The molecule has 0 spiro atoms. The molecule has 3 N–H and O–H groups in total. The Kier molecular flexibility index (Phi) is 8.40. The first kappa shape index (κ1) is 32.7. The van der Waals surface area contributed by atoms with Crippen LogP contribution in [0.4, 0.5) is 16.2 Å². The van der Waals surface area contributed by atoms with Crippen molar-refractivity contribution < 1.29 is 23.9 Å². The number of methoxy groups -OCH3 is 1. The lowest BCUT2D eigenvalue weighted by Gasteiger charge is -2.37. The first-order chi connectivity index (χ1) is 24.0. The lowest BCUT2D eigenvalue weighted by molar-refractivity contribution is 0.0572. The van der Waals surface area contributed by atoms with Gasteiger partial charge in [0.25, 0.3) is 5.91 Å². The molecule has 2 aliphatic heterocycles. The van der Waals surface area contributed by atoms with E-state index >= 15 is 0 Å². The van der Waals surface area contributed by atoms with Crippen LogP contribution in [0.5, 0.6) is 11.5 Å². The lowest BCUT2D eigenvalue weighted by Crippen LogP contribution is -2.52. The van der Waals surface area contributed by atoms with Crippen LogP contribution in [0, 0.1) is 13.8 Å². The highest BCUT2D eigenvalue weighted by Gasteiger charge is 2.30. The number of Topliss-reactive ketones (excluding diaryl/α,β-unsaturated/α-hetero) is 1. The molecule has 5 aromatic rings. The molecular formula is C38H39N7O5. The third kappa shape index (κ3) is 5.98. The number of nitrogens with zero attached hydrogens (tertiary/aromatic N) is 4. The summed E-state index contributed by atoms with van der Waals surface area (Å²) in [6.07, 6.45) is 1.75. The van der Waals surface area contributed by atoms with Gasteiger partial charge in [0.2, 0.25) is 5.78 Å². The smallest absolute Gasteiger partial charge is 0.323 e. The molecule has 2 aliphatic rings. The van der Waals surface area contributed by atoms with Crippen molar-refractivity contribution in [2.75, 3.05) is 44.4 Å². The number of ketones is 1. The molecule has 4 heterocycles. The number of allylic oxidation sites excluding steroid dienone is 1. The number of ether oxygens (including phenoxy) is 2. The number of hydrogen-bond acceptors (Lipinski definition) is 7. The monoisotopic (exact) mass is 673 g/mol. The molecule has 1 unspecified atom stereocenters. The number of likely N-dealkylation sites (N-methyl/N-ethyl adjacent to an activating group) is 1. The fourth-order valence-electron chi connectivity index (χ4n) is 6.60. The van der Waals surface area contributed by atoms with Gasteiger partial charge >= 0.3 is 6.03 Å². The number of H-pyrrole nitrogens is 1. The number of hydrogen-bond donors (Lipinski definition) is 3. The van der Waals surface area contributed by atoms with E-state index in [9.17, 15) is 14.4 Å². The van der Waals surface area contributed by atoms with Crippen LogP contribution in [0.2, 0.25) is 0 Å². The normalized spacial score (nSPS) is 16.8. The molecule has 1 atom stereocenters. The number of rotatable bonds is 6. The summed E-state index contributed by atoms with van der Waals surface area (Å²) >= 11 is 0. The number of nitrogens with one attached hydrogen (secondary N) is 3. The maximum atomic E-state index is 13.7. The molecule has 0 saturated carbocycles. The average Bonchev–Trinajstić information content (AvgIpc) is 3.70. The molecule has 2 aromatic heterocycles. The molecular weight excluding hydrogens is 634 g/mol. The zero-order chi connectivity index (χ0) is 35.3. The van der Waals surface area contributed by atoms with Crippen LogP contribution in [0.15, 0.2) is 66.4 Å². The summed E-state index contributed by atoms with van der Waals surface area (Å²) in [7, 11) is 5.57. The summed E-state index contributed by atoms with van der Waals surface area (Å²) in [5, 5.41) is 11.1. The molecule has 0 radical (unpaired) electrons. The zero-order valence-corrected chi connectivity index (χ0v) is 28.9. The van der Waals surface area contributed by atoms with E-state index in [0.29, 0.717) is 53.1 Å². The number of benzene rings is 3. The van der Waals surface area contributed by atoms with Gasteiger partial charge in [0.15, 0.2) is 5.76 Å². The van der Waals surface area contributed by atoms with Crippen molar-refractivity contribution >= 4 is 46.1 Å². The van der Waals surface area contributed by atoms with Crippen molar-refractivity contribution in [3.05, 3.63) is 94.5 Å². The third-order valence-electron chi connectivity index (χ3n) is 9.64. The van der Waals surface area contributed by atoms with E-state index in [1.807, 2.05) is 48.7 Å². The SMILES string of the molecule is COc1ccc2[nH]c(-c3c(C)nn(C)c3C)c(/C=C3\Oc4ccc(NC(=O)Nc5ccc(C(=O)N6CCN(C)C(C)C6)cc5)cc4C3=O)c2c1. The minimum atomic E-state index is -0.487. The van der Waals surface area contributed by atoms with Gasteiger partial charge in [0, 0.05) is 77.4 Å². The summed E-state index contributed by atoms with van der Waals surface area (Å²) in [4.78, 5) is 47.3. The number of aromatic amines is 1. The molecule has 50 heavy (non-hydrogen) atoms. The molecule has 256 valence electrons. The van der Waals surface area contributed by atoms with E-state index in [4.69, 9.17) is 9.47 Å². The topological polar surface area (TPSA) is 134 Å². The fourth-order valence-corrected chi connectivity index (χ4v) is 6.60. The van der Waals surface area contributed by atoms with Crippen molar-refractivity contribution in [1.29, 1.82) is 0 Å². The second-order valence-corrected chi connectivity index (χ2v) is 12.9. The molecule has 7 rings (SSSR count). The molecule has 1 fully saturated rings. The minimum Gasteiger partial charge on any atom is -0.497 e. The lowest BCUT2D eigenvalue weighted by atomic mass is 10.0. The Bertz CT molecular complexity index is 2200. The maximum Gasteiger partial charge on any atom is 0.323 e. The highest BCUT2D eigenvalue weighted by Crippen LogP contribution is 2.39. The van der Waals surface area contributed by atoms with E-state index in [0.717, 1.165) is 45.7 Å². The van der Waals surface area contributed by atoms with Gasteiger partial charge in [-0.2, -0.15) is 5.10 Å². The van der Waals surface area contributed by atoms with Gasteiger partial charge in [-0.1, -0.05) is 0 Å². The van der Waals surface area contributed by atoms with Crippen molar-refractivity contribution in [2.45, 2.75) is 26.8 Å². The number of piperazine rings is 1. The Hall–Kier alpha value is -5.88. The van der Waals surface area contributed by atoms with Crippen LogP contribution in [0.25, 0.3) is 28.2 Å². The predicted molar refractivity (Wildman–Crippen MR) is 193 cm³/mol. The number of aromatic nitrogens is 3. The maximum absolute atomic E-state index is 13.7. The average molecular weight is 674 g/mol. The number of aryl methyl sites for hydroxylation is 2. The Morgan fingerprint density at radius 2 is 1.74 bits per heavy atom. The van der Waals surface area contributed by atoms with Crippen molar-refractivity contribution in [1.82, 2.24) is 24.6 Å². The number of urea groups is 1. The van der Waals surface area contributed by atoms with E-state index in [1.165, 1.54) is 0 Å². The Labute approximate surface area is 289 Å². The van der Waals surface area contributed by atoms with Crippen molar-refractivity contribution in [2.24, 2.45) is 7.05 Å². The zero-order valence-electron chi connectivity index (χ0n) is 28.9. The number of amides is 3. The summed E-state index contributed by atoms with van der Waals surface area (Å²) < 4.78 is 13.4. The van der Waals surface area contributed by atoms with E-state index in [-0.39, 0.29) is 17.4 Å². The van der Waals surface area contributed by atoms with E-state index in [1.54, 1.807) is 55.7 Å². The number of fused-ring (bicyclic) bond motifs is 2. The highest BCUT2D eigenvalue weighted by atomic mass is 16.5. The summed E-state index contributed by atoms with van der Waals surface area (Å²) in [6.45, 7) is 8.24.